The van der Waals surface area contributed by atoms with E-state index in [9.17, 15) is 4.79 Å². The van der Waals surface area contributed by atoms with Gasteiger partial charge in [0.15, 0.2) is 5.96 Å². The predicted octanol–water partition coefficient (Wildman–Crippen LogP) is 1.94. The van der Waals surface area contributed by atoms with Gasteiger partial charge in [0, 0.05) is 37.6 Å². The number of aryl methyl sites for hydroxylation is 1. The summed E-state index contributed by atoms with van der Waals surface area (Å²) in [7, 11) is 1.65. The maximum Gasteiger partial charge on any atom is 0.227 e. The monoisotopic (exact) mass is 453 g/mol. The van der Waals surface area contributed by atoms with Gasteiger partial charge in [-0.25, -0.2) is 4.98 Å². The molecule has 8 heteroatoms. The third-order valence-corrected chi connectivity index (χ3v) is 4.09. The molecule has 132 valence electrons. The first-order valence-electron chi connectivity index (χ1n) is 7.54. The van der Waals surface area contributed by atoms with Gasteiger partial charge >= 0.3 is 0 Å². The lowest BCUT2D eigenvalue weighted by Crippen LogP contribution is -2.41. The molecule has 23 heavy (non-hydrogen) atoms. The summed E-state index contributed by atoms with van der Waals surface area (Å²) >= 11 is 1.71. The Morgan fingerprint density at radius 3 is 2.61 bits per heavy atom. The number of aromatic nitrogens is 1. The number of guanidine groups is 1. The second-order valence-electron chi connectivity index (χ2n) is 5.70. The average molecular weight is 453 g/mol. The fourth-order valence-electron chi connectivity index (χ4n) is 1.83. The van der Waals surface area contributed by atoms with Crippen molar-refractivity contribution in [2.24, 2.45) is 10.4 Å². The number of thiazole rings is 1. The molecule has 1 aromatic heterocycles. The number of hydrogen-bond acceptors (Lipinski definition) is 4. The number of hydrogen-bond donors (Lipinski definition) is 3. The fourth-order valence-corrected chi connectivity index (χ4v) is 2.62. The summed E-state index contributed by atoms with van der Waals surface area (Å²) in [4.78, 5) is 21.9. The molecule has 0 fully saturated rings. The van der Waals surface area contributed by atoms with Crippen LogP contribution in [0.1, 0.15) is 30.7 Å². The van der Waals surface area contributed by atoms with E-state index in [-0.39, 0.29) is 29.9 Å². The van der Waals surface area contributed by atoms with Crippen LogP contribution in [0.3, 0.4) is 0 Å². The third-order valence-electron chi connectivity index (χ3n) is 3.12. The van der Waals surface area contributed by atoms with Crippen LogP contribution in [-0.2, 0) is 11.2 Å². The van der Waals surface area contributed by atoms with E-state index in [1.54, 1.807) is 18.4 Å². The molecule has 0 aliphatic heterocycles. The molecule has 0 atom stereocenters. The van der Waals surface area contributed by atoms with E-state index in [1.165, 1.54) is 4.88 Å². The Morgan fingerprint density at radius 2 is 2.09 bits per heavy atom. The Kier molecular flexibility index (Phi) is 10.4. The molecule has 1 amide bonds. The quantitative estimate of drug-likeness (QED) is 0.335. The molecule has 0 bridgehead atoms. The number of aliphatic imine (C=N–C) groups is 1. The molecule has 0 aliphatic rings. The first kappa shape index (κ1) is 22.1. The molecular weight excluding hydrogens is 425 g/mol. The minimum atomic E-state index is -0.524. The second-order valence-corrected chi connectivity index (χ2v) is 7.02. The summed E-state index contributed by atoms with van der Waals surface area (Å²) in [5, 5.41) is 10.3. The van der Waals surface area contributed by atoms with Gasteiger partial charge < -0.3 is 16.0 Å². The Bertz CT molecular complexity index is 516. The van der Waals surface area contributed by atoms with Gasteiger partial charge in [-0.2, -0.15) is 0 Å². The zero-order valence-corrected chi connectivity index (χ0v) is 17.7. The highest BCUT2D eigenvalue weighted by Gasteiger charge is 2.26. The maximum atomic E-state index is 11.8. The molecule has 1 rings (SSSR count). The lowest BCUT2D eigenvalue weighted by Gasteiger charge is -2.21. The summed E-state index contributed by atoms with van der Waals surface area (Å²) in [6, 6.07) is 0. The van der Waals surface area contributed by atoms with Crippen LogP contribution in [-0.4, -0.2) is 43.5 Å². The number of carbonyl (C=O) groups excluding carboxylic acids is 1. The fraction of sp³-hybridized carbons (Fsp3) is 0.667. The van der Waals surface area contributed by atoms with Gasteiger partial charge in [-0.05, 0) is 27.7 Å². The molecule has 6 nitrogen and oxygen atoms in total. The molecule has 0 unspecified atom stereocenters. The topological polar surface area (TPSA) is 78.4 Å². The number of amides is 1. The van der Waals surface area contributed by atoms with E-state index >= 15 is 0 Å². The molecule has 1 heterocycles. The maximum absolute atomic E-state index is 11.8. The third kappa shape index (κ3) is 7.96. The second kappa shape index (κ2) is 10.8. The van der Waals surface area contributed by atoms with Crippen LogP contribution in [0.25, 0.3) is 0 Å². The van der Waals surface area contributed by atoms with Gasteiger partial charge in [0.2, 0.25) is 5.91 Å². The standard InChI is InChI=1S/C15H27N5OS.HI/c1-6-17-14(20-10-15(3,4)13(21)16-5)18-8-7-12-19-9-11(2)22-12;/h9H,6-8,10H2,1-5H3,(H,16,21)(H2,17,18,20);1H. The smallest absolute Gasteiger partial charge is 0.227 e. The van der Waals surface area contributed by atoms with Crippen molar-refractivity contribution >= 4 is 47.2 Å². The predicted molar refractivity (Wildman–Crippen MR) is 108 cm³/mol. The van der Waals surface area contributed by atoms with E-state index in [1.807, 2.05) is 27.0 Å². The van der Waals surface area contributed by atoms with Crippen molar-refractivity contribution in [3.63, 3.8) is 0 Å². The van der Waals surface area contributed by atoms with Crippen molar-refractivity contribution in [1.29, 1.82) is 0 Å². The molecule has 0 aromatic carbocycles. The summed E-state index contributed by atoms with van der Waals surface area (Å²) in [6.45, 7) is 9.82. The molecule has 0 saturated carbocycles. The highest BCUT2D eigenvalue weighted by atomic mass is 127. The lowest BCUT2D eigenvalue weighted by molar-refractivity contribution is -0.128. The summed E-state index contributed by atoms with van der Waals surface area (Å²) in [6.07, 6.45) is 2.76. The average Bonchev–Trinajstić information content (AvgIpc) is 2.89. The van der Waals surface area contributed by atoms with Crippen molar-refractivity contribution in [3.8, 4) is 0 Å². The molecule has 0 saturated heterocycles. The Balaban J connectivity index is 0.00000484. The first-order chi connectivity index (χ1) is 10.4. The van der Waals surface area contributed by atoms with Crippen LogP contribution in [0.5, 0.6) is 0 Å². The van der Waals surface area contributed by atoms with Crippen LogP contribution >= 0.6 is 35.3 Å². The molecule has 0 aliphatic carbocycles. The van der Waals surface area contributed by atoms with Gasteiger partial charge in [-0.15, -0.1) is 35.3 Å². The van der Waals surface area contributed by atoms with Crippen molar-refractivity contribution in [1.82, 2.24) is 20.9 Å². The van der Waals surface area contributed by atoms with E-state index in [2.05, 4.69) is 32.9 Å². The van der Waals surface area contributed by atoms with Crippen LogP contribution in [0, 0.1) is 12.3 Å². The van der Waals surface area contributed by atoms with Crippen LogP contribution in [0.2, 0.25) is 0 Å². The molecule has 1 aromatic rings. The highest BCUT2D eigenvalue weighted by molar-refractivity contribution is 14.0. The SMILES string of the molecule is CCNC(=NCC(C)(C)C(=O)NC)NCCc1ncc(C)s1.I. The Morgan fingerprint density at radius 1 is 1.39 bits per heavy atom. The number of halogens is 1. The van der Waals surface area contributed by atoms with E-state index < -0.39 is 5.41 Å². The first-order valence-corrected chi connectivity index (χ1v) is 8.36. The number of rotatable bonds is 7. The number of carbonyl (C=O) groups is 1. The lowest BCUT2D eigenvalue weighted by atomic mass is 9.93. The summed E-state index contributed by atoms with van der Waals surface area (Å²) in [5.41, 5.74) is -0.524. The summed E-state index contributed by atoms with van der Waals surface area (Å²) < 4.78 is 0. The minimum absolute atomic E-state index is 0. The van der Waals surface area contributed by atoms with Gasteiger partial charge in [0.05, 0.1) is 17.0 Å². The van der Waals surface area contributed by atoms with Crippen LogP contribution in [0.15, 0.2) is 11.2 Å². The number of nitrogens with zero attached hydrogens (tertiary/aromatic N) is 2. The molecule has 0 radical (unpaired) electrons. The van der Waals surface area contributed by atoms with Crippen molar-refractivity contribution < 1.29 is 4.79 Å². The summed E-state index contributed by atoms with van der Waals surface area (Å²) in [5.74, 6) is 0.720. The van der Waals surface area contributed by atoms with Crippen molar-refractivity contribution in [2.45, 2.75) is 34.1 Å². The number of nitrogens with one attached hydrogen (secondary N) is 3. The van der Waals surface area contributed by atoms with Crippen molar-refractivity contribution in [2.75, 3.05) is 26.7 Å². The largest absolute Gasteiger partial charge is 0.359 e. The zero-order chi connectivity index (χ0) is 16.6. The van der Waals surface area contributed by atoms with E-state index in [0.29, 0.717) is 6.54 Å². The Labute approximate surface area is 160 Å². The Hall–Kier alpha value is -0.900. The molecule has 0 spiro atoms. The van der Waals surface area contributed by atoms with E-state index in [0.717, 1.165) is 30.5 Å². The highest BCUT2D eigenvalue weighted by Crippen LogP contribution is 2.15. The normalized spacial score (nSPS) is 11.6. The van der Waals surface area contributed by atoms with E-state index in [4.69, 9.17) is 0 Å². The molecular formula is C15H28IN5OS. The van der Waals surface area contributed by atoms with Gasteiger partial charge in [0.25, 0.3) is 0 Å². The van der Waals surface area contributed by atoms with Gasteiger partial charge in [0.1, 0.15) is 0 Å². The van der Waals surface area contributed by atoms with Crippen LogP contribution in [0.4, 0.5) is 0 Å². The van der Waals surface area contributed by atoms with Crippen LogP contribution < -0.4 is 16.0 Å². The zero-order valence-electron chi connectivity index (χ0n) is 14.5. The minimum Gasteiger partial charge on any atom is -0.359 e. The van der Waals surface area contributed by atoms with Gasteiger partial charge in [-0.3, -0.25) is 9.79 Å². The van der Waals surface area contributed by atoms with Gasteiger partial charge in [-0.1, -0.05) is 0 Å². The molecule has 3 N–H and O–H groups in total. The van der Waals surface area contributed by atoms with Crippen molar-refractivity contribution in [3.05, 3.63) is 16.1 Å².